The molecule has 4 rings (SSSR count). The Hall–Kier alpha value is -3.59. The Morgan fingerprint density at radius 1 is 1.06 bits per heavy atom. The zero-order valence-corrected chi connectivity index (χ0v) is 19.6. The number of amides is 1. The number of carbonyl (C=O) groups is 1. The lowest BCUT2D eigenvalue weighted by molar-refractivity contribution is -0.274. The predicted octanol–water partition coefficient (Wildman–Crippen LogP) is 5.24. The first-order valence-corrected chi connectivity index (χ1v) is 11.4. The number of hydrogen-bond donors (Lipinski definition) is 1. The van der Waals surface area contributed by atoms with E-state index in [2.05, 4.69) is 33.0 Å². The van der Waals surface area contributed by atoms with Gasteiger partial charge in [0, 0.05) is 36.8 Å². The SMILES string of the molecule is Cc1cc(N2CCCN(C)CC2)nc2ccc(NC(=O)C=Cc3ccc(OC(F)(F)F)cc3)cc12. The summed E-state index contributed by atoms with van der Waals surface area (Å²) < 4.78 is 40.6. The maximum Gasteiger partial charge on any atom is 0.573 e. The largest absolute Gasteiger partial charge is 0.573 e. The topological polar surface area (TPSA) is 57.7 Å². The van der Waals surface area contributed by atoms with Crippen molar-refractivity contribution in [2.75, 3.05) is 43.4 Å². The van der Waals surface area contributed by atoms with Gasteiger partial charge >= 0.3 is 6.36 Å². The number of rotatable bonds is 5. The van der Waals surface area contributed by atoms with E-state index in [0.29, 0.717) is 11.3 Å². The van der Waals surface area contributed by atoms with Crippen LogP contribution in [0.25, 0.3) is 17.0 Å². The molecule has 0 spiro atoms. The summed E-state index contributed by atoms with van der Waals surface area (Å²) in [6.45, 7) is 6.03. The van der Waals surface area contributed by atoms with E-state index in [1.807, 2.05) is 25.1 Å². The van der Waals surface area contributed by atoms with E-state index in [1.165, 1.54) is 36.4 Å². The summed E-state index contributed by atoms with van der Waals surface area (Å²) in [6.07, 6.45) is -0.796. The zero-order chi connectivity index (χ0) is 25.0. The third-order valence-electron chi connectivity index (χ3n) is 5.85. The second-order valence-corrected chi connectivity index (χ2v) is 8.61. The van der Waals surface area contributed by atoms with Crippen molar-refractivity contribution in [3.8, 4) is 5.75 Å². The molecule has 1 aliphatic heterocycles. The molecule has 3 aromatic rings. The molecule has 1 N–H and O–H groups in total. The molecule has 0 unspecified atom stereocenters. The maximum absolute atomic E-state index is 12.4. The highest BCUT2D eigenvalue weighted by Crippen LogP contribution is 2.26. The lowest BCUT2D eigenvalue weighted by atomic mass is 10.1. The molecule has 1 fully saturated rings. The van der Waals surface area contributed by atoms with E-state index < -0.39 is 6.36 Å². The highest BCUT2D eigenvalue weighted by Gasteiger charge is 2.30. The normalized spacial score (nSPS) is 15.4. The van der Waals surface area contributed by atoms with Crippen molar-refractivity contribution in [2.45, 2.75) is 19.7 Å². The van der Waals surface area contributed by atoms with Gasteiger partial charge in [0.1, 0.15) is 11.6 Å². The van der Waals surface area contributed by atoms with Crippen LogP contribution in [-0.4, -0.2) is 55.4 Å². The minimum Gasteiger partial charge on any atom is -0.406 e. The van der Waals surface area contributed by atoms with Crippen LogP contribution < -0.4 is 15.0 Å². The van der Waals surface area contributed by atoms with E-state index in [0.717, 1.165) is 54.9 Å². The number of nitrogens with one attached hydrogen (secondary N) is 1. The Balaban J connectivity index is 1.42. The Kier molecular flexibility index (Phi) is 7.25. The third kappa shape index (κ3) is 6.73. The minimum absolute atomic E-state index is 0.314. The van der Waals surface area contributed by atoms with Gasteiger partial charge in [-0.05, 0) is 80.5 Å². The quantitative estimate of drug-likeness (QED) is 0.503. The van der Waals surface area contributed by atoms with Gasteiger partial charge in [-0.1, -0.05) is 12.1 Å². The van der Waals surface area contributed by atoms with Gasteiger partial charge in [-0.15, -0.1) is 13.2 Å². The van der Waals surface area contributed by atoms with Crippen molar-refractivity contribution in [1.29, 1.82) is 0 Å². The molecule has 2 aromatic carbocycles. The first kappa shape index (κ1) is 24.5. The monoisotopic (exact) mass is 484 g/mol. The van der Waals surface area contributed by atoms with E-state index in [4.69, 9.17) is 4.98 Å². The number of anilines is 2. The molecule has 1 aliphatic rings. The van der Waals surface area contributed by atoms with Crippen molar-refractivity contribution in [2.24, 2.45) is 0 Å². The summed E-state index contributed by atoms with van der Waals surface area (Å²) in [5, 5.41) is 3.78. The number of likely N-dealkylation sites (N-methyl/N-ethyl adjacent to an activating group) is 1. The lowest BCUT2D eigenvalue weighted by Gasteiger charge is -2.22. The van der Waals surface area contributed by atoms with Crippen LogP contribution in [0.5, 0.6) is 5.75 Å². The number of carbonyl (C=O) groups excluding carboxylic acids is 1. The fourth-order valence-electron chi connectivity index (χ4n) is 4.03. The van der Waals surface area contributed by atoms with Crippen molar-refractivity contribution in [1.82, 2.24) is 9.88 Å². The molecule has 0 saturated carbocycles. The van der Waals surface area contributed by atoms with Crippen LogP contribution in [0.1, 0.15) is 17.5 Å². The molecule has 0 bridgehead atoms. The summed E-state index contributed by atoms with van der Waals surface area (Å²) >= 11 is 0. The standard InChI is InChI=1S/C26H27F3N4O2/c1-18-16-24(33-13-3-12-32(2)14-15-33)31-23-10-7-20(17-22(18)23)30-25(34)11-6-19-4-8-21(9-5-19)35-26(27,28)29/h4-11,16-17H,3,12-15H2,1-2H3,(H,30,34). The van der Waals surface area contributed by atoms with Gasteiger partial charge in [-0.2, -0.15) is 0 Å². The maximum atomic E-state index is 12.4. The molecule has 1 saturated heterocycles. The predicted molar refractivity (Wildman–Crippen MR) is 132 cm³/mol. The number of halogens is 3. The van der Waals surface area contributed by atoms with Gasteiger partial charge < -0.3 is 19.9 Å². The summed E-state index contributed by atoms with van der Waals surface area (Å²) in [5.74, 6) is 0.304. The van der Waals surface area contributed by atoms with Crippen LogP contribution >= 0.6 is 0 Å². The average molecular weight is 485 g/mol. The number of aromatic nitrogens is 1. The van der Waals surface area contributed by atoms with Crippen LogP contribution in [-0.2, 0) is 4.79 Å². The number of alkyl halides is 3. The first-order valence-electron chi connectivity index (χ1n) is 11.4. The molecule has 184 valence electrons. The van der Waals surface area contributed by atoms with Crippen LogP contribution in [0.3, 0.4) is 0 Å². The fourth-order valence-corrected chi connectivity index (χ4v) is 4.03. The highest BCUT2D eigenvalue weighted by molar-refractivity contribution is 6.03. The molecule has 0 radical (unpaired) electrons. The second kappa shape index (κ2) is 10.4. The molecular weight excluding hydrogens is 457 g/mol. The van der Waals surface area contributed by atoms with Crippen molar-refractivity contribution >= 4 is 34.4 Å². The molecule has 0 aliphatic carbocycles. The van der Waals surface area contributed by atoms with Gasteiger partial charge in [0.05, 0.1) is 5.52 Å². The number of pyridine rings is 1. The smallest absolute Gasteiger partial charge is 0.406 e. The van der Waals surface area contributed by atoms with Gasteiger partial charge in [0.25, 0.3) is 0 Å². The summed E-state index contributed by atoms with van der Waals surface area (Å²) in [7, 11) is 2.14. The zero-order valence-electron chi connectivity index (χ0n) is 19.6. The molecular formula is C26H27F3N4O2. The Morgan fingerprint density at radius 2 is 1.83 bits per heavy atom. The van der Waals surface area contributed by atoms with Crippen molar-refractivity contribution < 1.29 is 22.7 Å². The lowest BCUT2D eigenvalue weighted by Crippen LogP contribution is -2.29. The van der Waals surface area contributed by atoms with E-state index >= 15 is 0 Å². The van der Waals surface area contributed by atoms with Crippen LogP contribution in [0.2, 0.25) is 0 Å². The van der Waals surface area contributed by atoms with Gasteiger partial charge in [0.15, 0.2) is 0 Å². The molecule has 1 amide bonds. The Labute approximate surface area is 202 Å². The van der Waals surface area contributed by atoms with Crippen molar-refractivity contribution in [3.63, 3.8) is 0 Å². The highest BCUT2D eigenvalue weighted by atomic mass is 19.4. The molecule has 1 aromatic heterocycles. The average Bonchev–Trinajstić information content (AvgIpc) is 3.02. The van der Waals surface area contributed by atoms with E-state index in [9.17, 15) is 18.0 Å². The van der Waals surface area contributed by atoms with E-state index in [-0.39, 0.29) is 11.7 Å². The molecule has 0 atom stereocenters. The summed E-state index contributed by atoms with van der Waals surface area (Å²) in [4.78, 5) is 21.9. The Bertz CT molecular complexity index is 1230. The van der Waals surface area contributed by atoms with Crippen LogP contribution in [0.15, 0.2) is 54.6 Å². The third-order valence-corrected chi connectivity index (χ3v) is 5.85. The van der Waals surface area contributed by atoms with E-state index in [1.54, 1.807) is 0 Å². The summed E-state index contributed by atoms with van der Waals surface area (Å²) in [5.41, 5.74) is 3.15. The fraction of sp³-hybridized carbons (Fsp3) is 0.308. The second-order valence-electron chi connectivity index (χ2n) is 8.61. The molecule has 9 heteroatoms. The van der Waals surface area contributed by atoms with Gasteiger partial charge in [0.2, 0.25) is 5.91 Å². The van der Waals surface area contributed by atoms with Crippen LogP contribution in [0, 0.1) is 6.92 Å². The molecule has 6 nitrogen and oxygen atoms in total. The van der Waals surface area contributed by atoms with Gasteiger partial charge in [-0.25, -0.2) is 4.98 Å². The number of aryl methyl sites for hydroxylation is 1. The number of fused-ring (bicyclic) bond motifs is 1. The summed E-state index contributed by atoms with van der Waals surface area (Å²) in [6, 6.07) is 13.0. The number of nitrogens with zero attached hydrogens (tertiary/aromatic N) is 3. The van der Waals surface area contributed by atoms with Gasteiger partial charge in [-0.3, -0.25) is 4.79 Å². The number of hydrogen-bond acceptors (Lipinski definition) is 5. The molecule has 35 heavy (non-hydrogen) atoms. The van der Waals surface area contributed by atoms with Crippen LogP contribution in [0.4, 0.5) is 24.7 Å². The Morgan fingerprint density at radius 3 is 2.57 bits per heavy atom. The van der Waals surface area contributed by atoms with Crippen molar-refractivity contribution in [3.05, 3.63) is 65.7 Å². The number of benzene rings is 2. The molecule has 2 heterocycles. The number of ether oxygens (including phenoxy) is 1. The first-order chi connectivity index (χ1) is 16.7. The minimum atomic E-state index is -4.74.